The number of aromatic nitrogens is 4. The minimum Gasteiger partial charge on any atom is -0.543 e. The fraction of sp³-hybridized carbons (Fsp3) is 0.333. The Bertz CT molecular complexity index is 1070. The van der Waals surface area contributed by atoms with Gasteiger partial charge in [-0.2, -0.15) is 0 Å². The molecule has 1 fully saturated rings. The van der Waals surface area contributed by atoms with Crippen LogP contribution in [0.15, 0.2) is 46.8 Å². The van der Waals surface area contributed by atoms with E-state index in [9.17, 15) is 24.6 Å². The zero-order chi connectivity index (χ0) is 22.1. The summed E-state index contributed by atoms with van der Waals surface area (Å²) >= 11 is 2.58. The fourth-order valence-corrected chi connectivity index (χ4v) is 5.63. The van der Waals surface area contributed by atoms with Crippen molar-refractivity contribution in [1.82, 2.24) is 30.4 Å². The van der Waals surface area contributed by atoms with Crippen molar-refractivity contribution >= 4 is 41.3 Å². The monoisotopic (exact) mass is 484 g/mol. The number of β-lactam (4-membered cyclic amide) rings is 1. The molecule has 0 radical (unpaired) electrons. The molecule has 0 spiro atoms. The van der Waals surface area contributed by atoms with E-state index in [0.717, 1.165) is 4.90 Å². The van der Waals surface area contributed by atoms with E-state index in [0.29, 0.717) is 22.0 Å². The summed E-state index contributed by atoms with van der Waals surface area (Å²) in [5.74, 6) is -2.14. The second-order valence-corrected chi connectivity index (χ2v) is 8.87. The van der Waals surface area contributed by atoms with Gasteiger partial charge in [0.05, 0.1) is 11.7 Å². The third-order valence-corrected chi connectivity index (χ3v) is 7.30. The van der Waals surface area contributed by atoms with E-state index in [-0.39, 0.29) is 41.0 Å². The Hall–Kier alpha value is -1.90. The van der Waals surface area contributed by atoms with Crippen molar-refractivity contribution in [2.75, 3.05) is 11.5 Å². The molecule has 2 aromatic rings. The molecular formula is C18H17N6NaO5S2. The number of carboxylic acid groups (broad SMARTS) is 1. The number of tetrazole rings is 1. The first-order valence-electron chi connectivity index (χ1n) is 9.15. The van der Waals surface area contributed by atoms with Gasteiger partial charge in [-0.1, -0.05) is 42.1 Å². The number of carbonyl (C=O) groups is 3. The average molecular weight is 484 g/mol. The molecule has 0 saturated carbocycles. The molecule has 2 N–H and O–H groups in total. The number of benzene rings is 1. The molecule has 1 saturated heterocycles. The summed E-state index contributed by atoms with van der Waals surface area (Å²) in [5.41, 5.74) is 0.718. The number of aliphatic hydroxyl groups is 1. The van der Waals surface area contributed by atoms with Gasteiger partial charge in [-0.25, -0.2) is 4.68 Å². The smallest absolute Gasteiger partial charge is 0.543 e. The van der Waals surface area contributed by atoms with Crippen LogP contribution in [0.5, 0.6) is 0 Å². The van der Waals surface area contributed by atoms with Gasteiger partial charge < -0.3 is 20.3 Å². The minimum atomic E-state index is -1.46. The summed E-state index contributed by atoms with van der Waals surface area (Å²) in [6.45, 7) is 0. The molecule has 2 aliphatic rings. The topological polar surface area (TPSA) is 153 Å². The van der Waals surface area contributed by atoms with Gasteiger partial charge in [0, 0.05) is 18.6 Å². The molecule has 0 aliphatic carbocycles. The van der Waals surface area contributed by atoms with E-state index in [1.807, 2.05) is 0 Å². The van der Waals surface area contributed by atoms with E-state index in [2.05, 4.69) is 20.8 Å². The molecule has 11 nitrogen and oxygen atoms in total. The van der Waals surface area contributed by atoms with Crippen LogP contribution in [0.3, 0.4) is 0 Å². The summed E-state index contributed by atoms with van der Waals surface area (Å²) in [4.78, 5) is 38.0. The summed E-state index contributed by atoms with van der Waals surface area (Å²) in [7, 11) is 1.66. The standard InChI is InChI=1S/C18H18N6O5S2.Na/c1-23-18(20-21-22-23)31-8-10-7-30-16-11(15(27)24(16)12(10)17(28)29)19-14(26)13(25)9-5-3-2-4-6-9;/h2-6,11,13,16,25H,7-8H2,1H3,(H,19,26)(H,28,29);/q;+1/p-1/t11?,13?,16-;/m1./s1. The number of carboxylic acids is 1. The largest absolute Gasteiger partial charge is 1.00 e. The Morgan fingerprint density at radius 3 is 2.72 bits per heavy atom. The maximum absolute atomic E-state index is 12.7. The van der Waals surface area contributed by atoms with Gasteiger partial charge in [-0.15, -0.1) is 16.9 Å². The predicted molar refractivity (Wildman–Crippen MR) is 108 cm³/mol. The van der Waals surface area contributed by atoms with E-state index in [4.69, 9.17) is 0 Å². The van der Waals surface area contributed by atoms with Gasteiger partial charge in [0.25, 0.3) is 11.8 Å². The Morgan fingerprint density at radius 1 is 1.38 bits per heavy atom. The Balaban J connectivity index is 0.00000289. The molecule has 2 aliphatic heterocycles. The van der Waals surface area contributed by atoms with Crippen molar-refractivity contribution in [2.45, 2.75) is 22.7 Å². The number of aliphatic hydroxyl groups excluding tert-OH is 1. The first kappa shape index (κ1) is 24.7. The van der Waals surface area contributed by atoms with Crippen molar-refractivity contribution in [3.63, 3.8) is 0 Å². The SMILES string of the molecule is Cn1nnnc1SCC1=C(C(=O)[O-])N2C(=O)C(NC(=O)C(O)c3ccccc3)[C@H]2SC1.[Na+]. The Kier molecular flexibility index (Phi) is 8.01. The Morgan fingerprint density at radius 2 is 2.09 bits per heavy atom. The van der Waals surface area contributed by atoms with Crippen LogP contribution in [-0.2, 0) is 21.4 Å². The van der Waals surface area contributed by atoms with E-state index >= 15 is 0 Å². The molecule has 0 bridgehead atoms. The minimum absolute atomic E-state index is 0. The van der Waals surface area contributed by atoms with Gasteiger partial charge in [0.1, 0.15) is 11.4 Å². The molecule has 1 aromatic carbocycles. The quantitative estimate of drug-likeness (QED) is 0.223. The molecule has 162 valence electrons. The van der Waals surface area contributed by atoms with Crippen molar-refractivity contribution in [1.29, 1.82) is 0 Å². The van der Waals surface area contributed by atoms with Crippen molar-refractivity contribution in [3.8, 4) is 0 Å². The zero-order valence-corrected chi connectivity index (χ0v) is 20.8. The molecular weight excluding hydrogens is 467 g/mol. The predicted octanol–water partition coefficient (Wildman–Crippen LogP) is -4.56. The van der Waals surface area contributed by atoms with E-state index in [1.54, 1.807) is 37.4 Å². The van der Waals surface area contributed by atoms with Gasteiger partial charge in [0.2, 0.25) is 5.16 Å². The third-order valence-electron chi connectivity index (χ3n) is 4.86. The van der Waals surface area contributed by atoms with Crippen molar-refractivity contribution in [2.24, 2.45) is 7.05 Å². The number of nitrogens with one attached hydrogen (secondary N) is 1. The van der Waals surface area contributed by atoms with Gasteiger partial charge >= 0.3 is 29.6 Å². The van der Waals surface area contributed by atoms with Crippen LogP contribution in [0.4, 0.5) is 0 Å². The fourth-order valence-electron chi connectivity index (χ4n) is 3.30. The number of aryl methyl sites for hydroxylation is 1. The second-order valence-electron chi connectivity index (χ2n) is 6.82. The molecule has 2 amide bonds. The molecule has 3 atom stereocenters. The summed E-state index contributed by atoms with van der Waals surface area (Å²) in [6, 6.07) is 7.40. The first-order valence-corrected chi connectivity index (χ1v) is 11.2. The van der Waals surface area contributed by atoms with Gasteiger partial charge in [-0.3, -0.25) is 14.5 Å². The maximum Gasteiger partial charge on any atom is 1.00 e. The zero-order valence-electron chi connectivity index (χ0n) is 17.2. The first-order chi connectivity index (χ1) is 14.9. The molecule has 4 rings (SSSR count). The molecule has 1 aromatic heterocycles. The number of hydrogen-bond donors (Lipinski definition) is 2. The Labute approximate surface area is 213 Å². The average Bonchev–Trinajstić information content (AvgIpc) is 3.19. The van der Waals surface area contributed by atoms with Crippen LogP contribution in [0.1, 0.15) is 11.7 Å². The van der Waals surface area contributed by atoms with Crippen LogP contribution in [-0.4, -0.2) is 70.9 Å². The van der Waals surface area contributed by atoms with Crippen LogP contribution >= 0.6 is 23.5 Å². The summed E-state index contributed by atoms with van der Waals surface area (Å²) < 4.78 is 1.46. The molecule has 2 unspecified atom stereocenters. The number of rotatable bonds is 7. The van der Waals surface area contributed by atoms with Crippen LogP contribution in [0.25, 0.3) is 0 Å². The second kappa shape index (κ2) is 10.4. The normalized spacial score (nSPS) is 20.7. The van der Waals surface area contributed by atoms with Crippen LogP contribution in [0.2, 0.25) is 0 Å². The number of nitrogens with zero attached hydrogens (tertiary/aromatic N) is 5. The van der Waals surface area contributed by atoms with Crippen LogP contribution < -0.4 is 40.0 Å². The number of fused-ring (bicyclic) bond motifs is 1. The number of carbonyl (C=O) groups excluding carboxylic acids is 3. The summed E-state index contributed by atoms with van der Waals surface area (Å²) in [5, 5.41) is 35.6. The number of aliphatic carboxylic acids is 1. The van der Waals surface area contributed by atoms with Crippen molar-refractivity contribution < 1.29 is 54.2 Å². The van der Waals surface area contributed by atoms with Gasteiger partial charge in [0.15, 0.2) is 6.10 Å². The maximum atomic E-state index is 12.7. The summed E-state index contributed by atoms with van der Waals surface area (Å²) in [6.07, 6.45) is -1.43. The van der Waals surface area contributed by atoms with E-state index in [1.165, 1.54) is 28.2 Å². The number of amides is 2. The number of thioether (sulfide) groups is 2. The van der Waals surface area contributed by atoms with Crippen molar-refractivity contribution in [3.05, 3.63) is 47.2 Å². The molecule has 14 heteroatoms. The van der Waals surface area contributed by atoms with Gasteiger partial charge in [-0.05, 0) is 21.6 Å². The third kappa shape index (κ3) is 4.72. The molecule has 32 heavy (non-hydrogen) atoms. The van der Waals surface area contributed by atoms with Crippen LogP contribution in [0, 0.1) is 0 Å². The number of hydrogen-bond acceptors (Lipinski definition) is 10. The molecule has 3 heterocycles. The van der Waals surface area contributed by atoms with E-state index < -0.39 is 35.3 Å².